The average Bonchev–Trinajstić information content (AvgIpc) is 2.52. The second-order valence-electron chi connectivity index (χ2n) is 7.30. The molecule has 0 spiro atoms. The minimum atomic E-state index is -4.37. The van der Waals surface area contributed by atoms with Crippen LogP contribution in [0.3, 0.4) is 0 Å². The van der Waals surface area contributed by atoms with Crippen molar-refractivity contribution in [2.24, 2.45) is 5.41 Å². The zero-order valence-corrected chi connectivity index (χ0v) is 13.9. The Morgan fingerprint density at radius 1 is 1.25 bits per heavy atom. The Morgan fingerprint density at radius 3 is 2.42 bits per heavy atom. The number of hydrogen-bond acceptors (Lipinski definition) is 3. The molecule has 3 rings (SSSR count). The number of rotatable bonds is 2. The van der Waals surface area contributed by atoms with Crippen molar-refractivity contribution in [2.45, 2.75) is 31.9 Å². The first kappa shape index (κ1) is 17.2. The first-order valence-corrected chi connectivity index (χ1v) is 8.19. The van der Waals surface area contributed by atoms with E-state index in [0.717, 1.165) is 19.3 Å². The second kappa shape index (κ2) is 6.02. The third kappa shape index (κ3) is 3.27. The maximum atomic E-state index is 12.8. The van der Waals surface area contributed by atoms with Crippen molar-refractivity contribution < 1.29 is 18.0 Å². The molecule has 2 fully saturated rings. The van der Waals surface area contributed by atoms with Crippen LogP contribution in [0.5, 0.6) is 0 Å². The van der Waals surface area contributed by atoms with Crippen LogP contribution in [0.15, 0.2) is 18.5 Å². The first-order valence-electron chi connectivity index (χ1n) is 8.19. The number of nitrogens with zero attached hydrogens (tertiary/aromatic N) is 3. The van der Waals surface area contributed by atoms with Gasteiger partial charge >= 0.3 is 6.18 Å². The molecule has 1 aromatic rings. The SMILES string of the molecule is CN1CC(C)(C(=O)N2CCC(c3cncc(C(F)(F)F)c3)CC2)C1. The Kier molecular flexibility index (Phi) is 4.32. The number of piperidine rings is 1. The van der Waals surface area contributed by atoms with Gasteiger partial charge < -0.3 is 9.80 Å². The maximum Gasteiger partial charge on any atom is 0.417 e. The van der Waals surface area contributed by atoms with E-state index in [2.05, 4.69) is 9.88 Å². The van der Waals surface area contributed by atoms with Crippen LogP contribution in [0.2, 0.25) is 0 Å². The van der Waals surface area contributed by atoms with Gasteiger partial charge in [0.05, 0.1) is 11.0 Å². The maximum absolute atomic E-state index is 12.8. The van der Waals surface area contributed by atoms with Crippen molar-refractivity contribution in [3.05, 3.63) is 29.6 Å². The average molecular weight is 341 g/mol. The molecule has 0 saturated carbocycles. The highest BCUT2D eigenvalue weighted by atomic mass is 19.4. The van der Waals surface area contributed by atoms with Crippen molar-refractivity contribution in [3.8, 4) is 0 Å². The monoisotopic (exact) mass is 341 g/mol. The number of likely N-dealkylation sites (tertiary alicyclic amines) is 2. The highest BCUT2D eigenvalue weighted by molar-refractivity contribution is 5.84. The summed E-state index contributed by atoms with van der Waals surface area (Å²) in [7, 11) is 1.99. The molecule has 24 heavy (non-hydrogen) atoms. The van der Waals surface area contributed by atoms with Gasteiger partial charge in [0.2, 0.25) is 5.91 Å². The van der Waals surface area contributed by atoms with Crippen molar-refractivity contribution in [2.75, 3.05) is 33.2 Å². The predicted molar refractivity (Wildman–Crippen MR) is 83.4 cm³/mol. The Hall–Kier alpha value is -1.63. The summed E-state index contributed by atoms with van der Waals surface area (Å²) < 4.78 is 38.4. The number of carbonyl (C=O) groups excluding carboxylic acids is 1. The van der Waals surface area contributed by atoms with Gasteiger partial charge in [-0.3, -0.25) is 9.78 Å². The van der Waals surface area contributed by atoms with Crippen LogP contribution in [0, 0.1) is 5.41 Å². The van der Waals surface area contributed by atoms with E-state index in [9.17, 15) is 18.0 Å². The summed E-state index contributed by atoms with van der Waals surface area (Å²) in [6.07, 6.45) is -0.637. The predicted octanol–water partition coefficient (Wildman–Crippen LogP) is 2.76. The number of carbonyl (C=O) groups is 1. The molecule has 2 saturated heterocycles. The van der Waals surface area contributed by atoms with E-state index in [1.807, 2.05) is 18.9 Å². The van der Waals surface area contributed by atoms with Crippen LogP contribution in [0.1, 0.15) is 36.8 Å². The third-order valence-electron chi connectivity index (χ3n) is 5.09. The fourth-order valence-corrected chi connectivity index (χ4v) is 3.91. The van der Waals surface area contributed by atoms with E-state index >= 15 is 0 Å². The van der Waals surface area contributed by atoms with Crippen molar-refractivity contribution in [1.82, 2.24) is 14.8 Å². The summed E-state index contributed by atoms with van der Waals surface area (Å²) in [6, 6.07) is 1.19. The van der Waals surface area contributed by atoms with Gasteiger partial charge in [-0.2, -0.15) is 13.2 Å². The molecule has 2 aliphatic rings. The van der Waals surface area contributed by atoms with Crippen LogP contribution in [0.25, 0.3) is 0 Å². The van der Waals surface area contributed by atoms with Gasteiger partial charge in [-0.05, 0) is 44.4 Å². The number of hydrogen-bond donors (Lipinski definition) is 0. The van der Waals surface area contributed by atoms with Gasteiger partial charge in [0, 0.05) is 38.6 Å². The first-order chi connectivity index (χ1) is 11.2. The standard InChI is InChI=1S/C17H22F3N3O/c1-16(10-22(2)11-16)15(24)23-5-3-12(4-6-23)13-7-14(9-21-8-13)17(18,19)20/h7-9,12H,3-6,10-11H2,1-2H3. The number of halogens is 3. The summed E-state index contributed by atoms with van der Waals surface area (Å²) in [5, 5.41) is 0. The topological polar surface area (TPSA) is 36.4 Å². The highest BCUT2D eigenvalue weighted by Crippen LogP contribution is 2.36. The van der Waals surface area contributed by atoms with Crippen LogP contribution in [0.4, 0.5) is 13.2 Å². The Bertz CT molecular complexity index is 618. The lowest BCUT2D eigenvalue weighted by molar-refractivity contribution is -0.151. The molecule has 4 nitrogen and oxygen atoms in total. The molecule has 7 heteroatoms. The van der Waals surface area contributed by atoms with Crippen LogP contribution >= 0.6 is 0 Å². The largest absolute Gasteiger partial charge is 0.417 e. The summed E-state index contributed by atoms with van der Waals surface area (Å²) in [5.41, 5.74) is -0.394. The molecule has 0 aromatic carbocycles. The molecule has 1 aromatic heterocycles. The molecule has 2 aliphatic heterocycles. The van der Waals surface area contributed by atoms with Crippen LogP contribution < -0.4 is 0 Å². The normalized spacial score (nSPS) is 22.3. The zero-order valence-electron chi connectivity index (χ0n) is 13.9. The minimum absolute atomic E-state index is 0.0284. The quantitative estimate of drug-likeness (QED) is 0.830. The molecule has 0 aliphatic carbocycles. The van der Waals surface area contributed by atoms with Crippen molar-refractivity contribution in [1.29, 1.82) is 0 Å². The fourth-order valence-electron chi connectivity index (χ4n) is 3.91. The lowest BCUT2D eigenvalue weighted by Crippen LogP contribution is -2.61. The van der Waals surface area contributed by atoms with E-state index in [0.29, 0.717) is 31.5 Å². The van der Waals surface area contributed by atoms with Gasteiger partial charge in [-0.15, -0.1) is 0 Å². The van der Waals surface area contributed by atoms with Crippen molar-refractivity contribution >= 4 is 5.91 Å². The second-order valence-corrected chi connectivity index (χ2v) is 7.30. The Labute approximate surface area is 139 Å². The van der Waals surface area contributed by atoms with E-state index < -0.39 is 11.7 Å². The summed E-state index contributed by atoms with van der Waals surface area (Å²) in [5.74, 6) is 0.196. The molecule has 0 unspecified atom stereocenters. The van der Waals surface area contributed by atoms with E-state index in [1.54, 1.807) is 0 Å². The molecular formula is C17H22F3N3O. The van der Waals surface area contributed by atoms with Crippen molar-refractivity contribution in [3.63, 3.8) is 0 Å². The van der Waals surface area contributed by atoms with E-state index in [1.165, 1.54) is 12.3 Å². The summed E-state index contributed by atoms with van der Waals surface area (Å²) in [6.45, 7) is 4.71. The number of alkyl halides is 3. The molecule has 3 heterocycles. The molecule has 0 atom stereocenters. The number of amides is 1. The zero-order chi connectivity index (χ0) is 17.5. The molecule has 0 bridgehead atoms. The minimum Gasteiger partial charge on any atom is -0.342 e. The van der Waals surface area contributed by atoms with Gasteiger partial charge in [0.25, 0.3) is 0 Å². The van der Waals surface area contributed by atoms with Gasteiger partial charge in [-0.1, -0.05) is 0 Å². The number of aromatic nitrogens is 1. The van der Waals surface area contributed by atoms with Crippen LogP contribution in [-0.2, 0) is 11.0 Å². The molecule has 1 amide bonds. The molecule has 0 radical (unpaired) electrons. The Morgan fingerprint density at radius 2 is 1.88 bits per heavy atom. The molecule has 132 valence electrons. The van der Waals surface area contributed by atoms with Crippen LogP contribution in [-0.4, -0.2) is 53.9 Å². The lowest BCUT2D eigenvalue weighted by atomic mass is 9.80. The molecule has 0 N–H and O–H groups in total. The third-order valence-corrected chi connectivity index (χ3v) is 5.09. The van der Waals surface area contributed by atoms with Gasteiger partial charge in [-0.25, -0.2) is 0 Å². The smallest absolute Gasteiger partial charge is 0.342 e. The number of pyridine rings is 1. The van der Waals surface area contributed by atoms with E-state index in [-0.39, 0.29) is 17.2 Å². The molecular weight excluding hydrogens is 319 g/mol. The lowest BCUT2D eigenvalue weighted by Gasteiger charge is -2.48. The van der Waals surface area contributed by atoms with Gasteiger partial charge in [0.1, 0.15) is 0 Å². The summed E-state index contributed by atoms with van der Waals surface area (Å²) in [4.78, 5) is 20.3. The fraction of sp³-hybridized carbons (Fsp3) is 0.647. The Balaban J connectivity index is 1.62. The van der Waals surface area contributed by atoms with Gasteiger partial charge in [0.15, 0.2) is 0 Å². The van der Waals surface area contributed by atoms with E-state index in [4.69, 9.17) is 0 Å². The summed E-state index contributed by atoms with van der Waals surface area (Å²) >= 11 is 0. The highest BCUT2D eigenvalue weighted by Gasteiger charge is 2.45.